The molecule has 0 heterocycles. The summed E-state index contributed by atoms with van der Waals surface area (Å²) in [6, 6.07) is 9.81. The molecule has 0 bridgehead atoms. The molecule has 0 aromatic heterocycles. The maximum absolute atomic E-state index is 13.7. The van der Waals surface area contributed by atoms with Crippen molar-refractivity contribution in [1.82, 2.24) is 4.72 Å². The van der Waals surface area contributed by atoms with Gasteiger partial charge in [0.05, 0.1) is 10.6 Å². The molecule has 6 nitrogen and oxygen atoms in total. The molecule has 2 aromatic carbocycles. The third kappa shape index (κ3) is 6.30. The molecule has 146 valence electrons. The molecule has 0 aliphatic rings. The predicted octanol–water partition coefficient (Wildman–Crippen LogP) is 3.68. The molecule has 0 saturated heterocycles. The highest BCUT2D eigenvalue weighted by molar-refractivity contribution is 9.10. The number of carbonyl (C=O) groups excluding carboxylic acids is 1. The Morgan fingerprint density at radius 2 is 1.89 bits per heavy atom. The van der Waals surface area contributed by atoms with E-state index in [0.29, 0.717) is 16.6 Å². The lowest BCUT2D eigenvalue weighted by molar-refractivity contribution is -0.118. The number of anilines is 1. The number of benzene rings is 2. The molecule has 2 aromatic rings. The molecule has 0 aliphatic carbocycles. The summed E-state index contributed by atoms with van der Waals surface area (Å²) in [7, 11) is -3.60. The van der Waals surface area contributed by atoms with Crippen LogP contribution in [-0.2, 0) is 14.8 Å². The van der Waals surface area contributed by atoms with Gasteiger partial charge in [-0.25, -0.2) is 17.5 Å². The highest BCUT2D eigenvalue weighted by Gasteiger charge is 2.16. The lowest BCUT2D eigenvalue weighted by Crippen LogP contribution is -2.31. The van der Waals surface area contributed by atoms with Gasteiger partial charge in [0.1, 0.15) is 11.6 Å². The Labute approximate surface area is 166 Å². The quantitative estimate of drug-likeness (QED) is 0.631. The summed E-state index contributed by atoms with van der Waals surface area (Å²) >= 11 is 3.14. The molecular weight excluding hydrogens is 439 g/mol. The second-order valence-corrected chi connectivity index (χ2v) is 8.49. The van der Waals surface area contributed by atoms with Crippen LogP contribution in [0.5, 0.6) is 5.75 Å². The van der Waals surface area contributed by atoms with E-state index in [4.69, 9.17) is 4.74 Å². The fourth-order valence-electron chi connectivity index (χ4n) is 2.06. The van der Waals surface area contributed by atoms with Gasteiger partial charge in [-0.05, 0) is 55.8 Å². The predicted molar refractivity (Wildman–Crippen MR) is 105 cm³/mol. The zero-order valence-electron chi connectivity index (χ0n) is 14.8. The number of nitrogens with one attached hydrogen (secondary N) is 2. The zero-order chi connectivity index (χ0) is 20.0. The lowest BCUT2D eigenvalue weighted by Gasteiger charge is -2.12. The van der Waals surface area contributed by atoms with Gasteiger partial charge in [0.2, 0.25) is 10.0 Å². The summed E-state index contributed by atoms with van der Waals surface area (Å²) in [5.41, 5.74) is 0.0457. The van der Waals surface area contributed by atoms with Crippen LogP contribution in [0.1, 0.15) is 20.3 Å². The van der Waals surface area contributed by atoms with Crippen molar-refractivity contribution in [3.8, 4) is 5.75 Å². The van der Waals surface area contributed by atoms with Gasteiger partial charge in [0, 0.05) is 10.5 Å². The first-order valence-corrected chi connectivity index (χ1v) is 10.5. The molecular formula is C18H20BrFN2O4S. The lowest BCUT2D eigenvalue weighted by atomic mass is 10.3. The topological polar surface area (TPSA) is 84.5 Å². The van der Waals surface area contributed by atoms with Crippen molar-refractivity contribution >= 4 is 37.5 Å². The van der Waals surface area contributed by atoms with E-state index in [-0.39, 0.29) is 23.2 Å². The minimum absolute atomic E-state index is 0.0457. The summed E-state index contributed by atoms with van der Waals surface area (Å²) in [5, 5.41) is 2.41. The van der Waals surface area contributed by atoms with E-state index < -0.39 is 21.7 Å². The Morgan fingerprint density at radius 3 is 2.48 bits per heavy atom. The molecule has 2 N–H and O–H groups in total. The van der Waals surface area contributed by atoms with Crippen molar-refractivity contribution in [2.45, 2.75) is 31.2 Å². The Kier molecular flexibility index (Phi) is 7.34. The van der Waals surface area contributed by atoms with Gasteiger partial charge >= 0.3 is 0 Å². The molecule has 0 unspecified atom stereocenters. The van der Waals surface area contributed by atoms with Gasteiger partial charge < -0.3 is 10.1 Å². The van der Waals surface area contributed by atoms with Crippen molar-refractivity contribution in [2.75, 3.05) is 11.9 Å². The van der Waals surface area contributed by atoms with Gasteiger partial charge in [0.15, 0.2) is 6.61 Å². The van der Waals surface area contributed by atoms with Crippen molar-refractivity contribution in [3.63, 3.8) is 0 Å². The van der Waals surface area contributed by atoms with Crippen molar-refractivity contribution < 1.29 is 22.3 Å². The van der Waals surface area contributed by atoms with E-state index in [0.717, 1.165) is 0 Å². The first-order valence-electron chi connectivity index (χ1n) is 8.21. The van der Waals surface area contributed by atoms with Gasteiger partial charge in [-0.1, -0.05) is 22.9 Å². The molecule has 27 heavy (non-hydrogen) atoms. The summed E-state index contributed by atoms with van der Waals surface area (Å²) in [5.74, 6) is -0.781. The van der Waals surface area contributed by atoms with Crippen LogP contribution < -0.4 is 14.8 Å². The first-order chi connectivity index (χ1) is 12.7. The Balaban J connectivity index is 1.93. The fraction of sp³-hybridized carbons (Fsp3) is 0.278. The van der Waals surface area contributed by atoms with E-state index in [9.17, 15) is 17.6 Å². The molecule has 0 radical (unpaired) electrons. The largest absolute Gasteiger partial charge is 0.484 e. The van der Waals surface area contributed by atoms with Crippen molar-refractivity contribution in [2.24, 2.45) is 0 Å². The van der Waals surface area contributed by atoms with Crippen LogP contribution in [0.25, 0.3) is 0 Å². The van der Waals surface area contributed by atoms with E-state index >= 15 is 0 Å². The van der Waals surface area contributed by atoms with Crippen LogP contribution in [0, 0.1) is 5.82 Å². The minimum atomic E-state index is -3.60. The highest BCUT2D eigenvalue weighted by atomic mass is 79.9. The first kappa shape index (κ1) is 21.3. The number of hydrogen-bond donors (Lipinski definition) is 2. The molecule has 0 fully saturated rings. The Morgan fingerprint density at radius 1 is 1.22 bits per heavy atom. The normalized spacial score (nSPS) is 12.4. The number of halogens is 2. The summed E-state index contributed by atoms with van der Waals surface area (Å²) in [6.45, 7) is 3.32. The average molecular weight is 459 g/mol. The standard InChI is InChI=1S/C18H20BrFN2O4S/c1-3-12(2)22-27(24,25)15-7-5-14(6-8-15)26-11-18(23)21-17-9-4-13(19)10-16(17)20/h4-10,12,22H,3,11H2,1-2H3,(H,21,23)/t12-/m0/s1. The number of ether oxygens (including phenoxy) is 1. The van der Waals surface area contributed by atoms with Crippen LogP contribution in [0.4, 0.5) is 10.1 Å². The highest BCUT2D eigenvalue weighted by Crippen LogP contribution is 2.20. The molecule has 9 heteroatoms. The van der Waals surface area contributed by atoms with E-state index in [1.807, 2.05) is 6.92 Å². The number of amides is 1. The fourth-order valence-corrected chi connectivity index (χ4v) is 3.72. The summed E-state index contributed by atoms with van der Waals surface area (Å²) in [4.78, 5) is 12.0. The third-order valence-electron chi connectivity index (χ3n) is 3.68. The molecule has 0 aliphatic heterocycles. The smallest absolute Gasteiger partial charge is 0.262 e. The van der Waals surface area contributed by atoms with E-state index in [1.165, 1.54) is 36.4 Å². The maximum Gasteiger partial charge on any atom is 0.262 e. The zero-order valence-corrected chi connectivity index (χ0v) is 17.2. The van der Waals surface area contributed by atoms with Crippen LogP contribution in [0.2, 0.25) is 0 Å². The van der Waals surface area contributed by atoms with Crippen molar-refractivity contribution in [3.05, 3.63) is 52.8 Å². The number of hydrogen-bond acceptors (Lipinski definition) is 4. The van der Waals surface area contributed by atoms with Crippen LogP contribution >= 0.6 is 15.9 Å². The molecule has 1 amide bonds. The van der Waals surface area contributed by atoms with Crippen LogP contribution in [0.15, 0.2) is 51.8 Å². The van der Waals surface area contributed by atoms with Gasteiger partial charge in [0.25, 0.3) is 5.91 Å². The van der Waals surface area contributed by atoms with Gasteiger partial charge in [-0.3, -0.25) is 4.79 Å². The maximum atomic E-state index is 13.7. The molecule has 1 atom stereocenters. The second-order valence-electron chi connectivity index (χ2n) is 5.86. The minimum Gasteiger partial charge on any atom is -0.484 e. The average Bonchev–Trinajstić information content (AvgIpc) is 2.62. The van der Waals surface area contributed by atoms with Crippen LogP contribution in [-0.4, -0.2) is 27.0 Å². The number of sulfonamides is 1. The van der Waals surface area contributed by atoms with Crippen LogP contribution in [0.3, 0.4) is 0 Å². The molecule has 2 rings (SSSR count). The Hall–Kier alpha value is -1.97. The molecule has 0 spiro atoms. The van der Waals surface area contributed by atoms with Crippen molar-refractivity contribution in [1.29, 1.82) is 0 Å². The SMILES string of the molecule is CC[C@H](C)NS(=O)(=O)c1ccc(OCC(=O)Nc2ccc(Br)cc2F)cc1. The summed E-state index contributed by atoms with van der Waals surface area (Å²) < 4.78 is 46.5. The monoisotopic (exact) mass is 458 g/mol. The summed E-state index contributed by atoms with van der Waals surface area (Å²) in [6.07, 6.45) is 0.675. The second kappa shape index (κ2) is 9.29. The van der Waals surface area contributed by atoms with E-state index in [2.05, 4.69) is 26.0 Å². The van der Waals surface area contributed by atoms with Gasteiger partial charge in [-0.15, -0.1) is 0 Å². The number of carbonyl (C=O) groups is 1. The van der Waals surface area contributed by atoms with E-state index in [1.54, 1.807) is 13.0 Å². The third-order valence-corrected chi connectivity index (χ3v) is 5.78. The van der Waals surface area contributed by atoms with Gasteiger partial charge in [-0.2, -0.15) is 0 Å². The molecule has 0 saturated carbocycles. The Bertz CT molecular complexity index is 904. The number of rotatable bonds is 8.